The van der Waals surface area contributed by atoms with Crippen LogP contribution in [-0.2, 0) is 6.61 Å². The Morgan fingerprint density at radius 1 is 1.40 bits per heavy atom. The quantitative estimate of drug-likeness (QED) is 0.834. The first-order chi connectivity index (χ1) is 7.06. The molecular formula is C9H8ClF3OS. The summed E-state index contributed by atoms with van der Waals surface area (Å²) in [5.41, 5.74) is 0.155. The average Bonchev–Trinajstić information content (AvgIpc) is 2.19. The Morgan fingerprint density at radius 2 is 2.07 bits per heavy atom. The van der Waals surface area contributed by atoms with Crippen LogP contribution in [0.3, 0.4) is 0 Å². The van der Waals surface area contributed by atoms with Gasteiger partial charge < -0.3 is 5.11 Å². The second-order valence-corrected chi connectivity index (χ2v) is 4.14. The van der Waals surface area contributed by atoms with Crippen molar-refractivity contribution in [1.29, 1.82) is 0 Å². The van der Waals surface area contributed by atoms with Gasteiger partial charge in [-0.05, 0) is 12.1 Å². The second kappa shape index (κ2) is 5.63. The first kappa shape index (κ1) is 12.7. The van der Waals surface area contributed by atoms with Gasteiger partial charge in [0.05, 0.1) is 17.4 Å². The summed E-state index contributed by atoms with van der Waals surface area (Å²) in [4.78, 5) is 0.379. The molecule has 0 bridgehead atoms. The average molecular weight is 257 g/mol. The second-order valence-electron chi connectivity index (χ2n) is 2.70. The molecule has 0 atom stereocenters. The minimum atomic E-state index is -2.45. The van der Waals surface area contributed by atoms with E-state index < -0.39 is 24.6 Å². The van der Waals surface area contributed by atoms with Gasteiger partial charge in [-0.1, -0.05) is 11.6 Å². The van der Waals surface area contributed by atoms with Crippen molar-refractivity contribution in [1.82, 2.24) is 0 Å². The van der Waals surface area contributed by atoms with Crippen LogP contribution < -0.4 is 0 Å². The standard InChI is InChI=1S/C9H8ClF3OS/c10-9-5(3-14)7(2-1-6(9)11)15-4-8(12)13/h1-2,8,14H,3-4H2. The zero-order valence-corrected chi connectivity index (χ0v) is 9.09. The van der Waals surface area contributed by atoms with Crippen molar-refractivity contribution >= 4 is 23.4 Å². The van der Waals surface area contributed by atoms with E-state index in [-0.39, 0.29) is 10.6 Å². The molecule has 0 amide bonds. The fourth-order valence-corrected chi connectivity index (χ4v) is 2.10. The predicted octanol–water partition coefficient (Wildman–Crippen LogP) is 3.33. The van der Waals surface area contributed by atoms with Crippen LogP contribution in [0.1, 0.15) is 5.56 Å². The van der Waals surface area contributed by atoms with Gasteiger partial charge in [-0.2, -0.15) is 0 Å². The zero-order valence-electron chi connectivity index (χ0n) is 7.51. The van der Waals surface area contributed by atoms with E-state index in [0.717, 1.165) is 17.8 Å². The molecule has 84 valence electrons. The van der Waals surface area contributed by atoms with Crippen LogP contribution in [0.4, 0.5) is 13.2 Å². The van der Waals surface area contributed by atoms with E-state index in [2.05, 4.69) is 0 Å². The summed E-state index contributed by atoms with van der Waals surface area (Å²) in [6, 6.07) is 2.43. The molecule has 15 heavy (non-hydrogen) atoms. The Bertz CT molecular complexity index is 346. The summed E-state index contributed by atoms with van der Waals surface area (Å²) in [6.07, 6.45) is -2.45. The molecule has 1 rings (SSSR count). The number of hydrogen-bond donors (Lipinski definition) is 1. The molecule has 1 nitrogen and oxygen atoms in total. The van der Waals surface area contributed by atoms with Gasteiger partial charge in [0.25, 0.3) is 0 Å². The summed E-state index contributed by atoms with van der Waals surface area (Å²) in [5, 5.41) is 8.73. The van der Waals surface area contributed by atoms with Crippen molar-refractivity contribution in [3.05, 3.63) is 28.5 Å². The third kappa shape index (κ3) is 3.29. The van der Waals surface area contributed by atoms with Crippen LogP contribution in [0.15, 0.2) is 17.0 Å². The van der Waals surface area contributed by atoms with Gasteiger partial charge in [0.15, 0.2) is 0 Å². The molecule has 0 spiro atoms. The maximum absolute atomic E-state index is 12.9. The molecule has 0 aromatic heterocycles. The largest absolute Gasteiger partial charge is 0.392 e. The Kier molecular flexibility index (Phi) is 4.76. The lowest BCUT2D eigenvalue weighted by Gasteiger charge is -2.09. The first-order valence-electron chi connectivity index (χ1n) is 4.05. The van der Waals surface area contributed by atoms with Crippen LogP contribution in [0.5, 0.6) is 0 Å². The van der Waals surface area contributed by atoms with Gasteiger partial charge in [0.2, 0.25) is 6.43 Å². The maximum Gasteiger partial charge on any atom is 0.247 e. The van der Waals surface area contributed by atoms with E-state index in [1.54, 1.807) is 0 Å². The van der Waals surface area contributed by atoms with Gasteiger partial charge in [-0.15, -0.1) is 11.8 Å². The Balaban J connectivity index is 2.92. The molecule has 0 aliphatic heterocycles. The van der Waals surface area contributed by atoms with Crippen molar-refractivity contribution in [2.45, 2.75) is 17.9 Å². The summed E-state index contributed by atoms with van der Waals surface area (Å²) >= 11 is 6.42. The SMILES string of the molecule is OCc1c(SCC(F)F)ccc(F)c1Cl. The normalized spacial score (nSPS) is 11.1. The molecule has 0 unspecified atom stereocenters. The lowest BCUT2D eigenvalue weighted by atomic mass is 10.2. The molecule has 0 radical (unpaired) electrons. The van der Waals surface area contributed by atoms with Crippen molar-refractivity contribution in [3.8, 4) is 0 Å². The van der Waals surface area contributed by atoms with Crippen LogP contribution in [0, 0.1) is 5.82 Å². The molecule has 1 aromatic carbocycles. The van der Waals surface area contributed by atoms with Crippen molar-refractivity contribution in [2.75, 3.05) is 5.75 Å². The van der Waals surface area contributed by atoms with Gasteiger partial charge >= 0.3 is 0 Å². The van der Waals surface area contributed by atoms with Crippen molar-refractivity contribution in [3.63, 3.8) is 0 Å². The minimum Gasteiger partial charge on any atom is -0.392 e. The van der Waals surface area contributed by atoms with Crippen LogP contribution >= 0.6 is 23.4 Å². The van der Waals surface area contributed by atoms with Crippen molar-refractivity contribution < 1.29 is 18.3 Å². The van der Waals surface area contributed by atoms with Gasteiger partial charge in [0.1, 0.15) is 5.82 Å². The highest BCUT2D eigenvalue weighted by atomic mass is 35.5. The van der Waals surface area contributed by atoms with Crippen molar-refractivity contribution in [2.24, 2.45) is 0 Å². The molecule has 1 N–H and O–H groups in total. The van der Waals surface area contributed by atoms with E-state index in [4.69, 9.17) is 16.7 Å². The summed E-state index contributed by atoms with van der Waals surface area (Å²) in [7, 11) is 0. The highest BCUT2D eigenvalue weighted by molar-refractivity contribution is 7.99. The van der Waals surface area contributed by atoms with Crippen LogP contribution in [0.2, 0.25) is 5.02 Å². The zero-order chi connectivity index (χ0) is 11.4. The molecular weight excluding hydrogens is 249 g/mol. The molecule has 0 aliphatic rings. The molecule has 0 saturated carbocycles. The molecule has 1 aromatic rings. The summed E-state index contributed by atoms with van der Waals surface area (Å²) in [5.74, 6) is -1.07. The highest BCUT2D eigenvalue weighted by Gasteiger charge is 2.13. The lowest BCUT2D eigenvalue weighted by Crippen LogP contribution is -1.97. The van der Waals surface area contributed by atoms with E-state index >= 15 is 0 Å². The summed E-state index contributed by atoms with van der Waals surface area (Å²) in [6.45, 7) is -0.470. The smallest absolute Gasteiger partial charge is 0.247 e. The van der Waals surface area contributed by atoms with E-state index in [9.17, 15) is 13.2 Å². The van der Waals surface area contributed by atoms with Crippen LogP contribution in [-0.4, -0.2) is 17.3 Å². The molecule has 6 heteroatoms. The van der Waals surface area contributed by atoms with Crippen LogP contribution in [0.25, 0.3) is 0 Å². The molecule has 0 heterocycles. The topological polar surface area (TPSA) is 20.2 Å². The monoisotopic (exact) mass is 256 g/mol. The third-order valence-corrected chi connectivity index (χ3v) is 3.20. The Labute approximate surface area is 94.2 Å². The number of thioether (sulfide) groups is 1. The molecule has 0 fully saturated rings. The fourth-order valence-electron chi connectivity index (χ4n) is 1.01. The Morgan fingerprint density at radius 3 is 2.60 bits per heavy atom. The molecule has 0 aliphatic carbocycles. The van der Waals surface area contributed by atoms with Gasteiger partial charge in [-0.25, -0.2) is 13.2 Å². The third-order valence-electron chi connectivity index (χ3n) is 1.68. The maximum atomic E-state index is 12.9. The number of aliphatic hydroxyl groups is 1. The van der Waals surface area contributed by atoms with E-state index in [0.29, 0.717) is 4.90 Å². The number of halogens is 4. The number of benzene rings is 1. The van der Waals surface area contributed by atoms with E-state index in [1.807, 2.05) is 0 Å². The van der Waals surface area contributed by atoms with Gasteiger partial charge in [-0.3, -0.25) is 0 Å². The predicted molar refractivity (Wildman–Crippen MR) is 54.1 cm³/mol. The van der Waals surface area contributed by atoms with E-state index in [1.165, 1.54) is 6.07 Å². The number of rotatable bonds is 4. The molecule has 0 saturated heterocycles. The fraction of sp³-hybridized carbons (Fsp3) is 0.333. The number of aliphatic hydroxyl groups excluding tert-OH is 1. The minimum absolute atomic E-state index is 0.155. The lowest BCUT2D eigenvalue weighted by molar-refractivity contribution is 0.177. The summed E-state index contributed by atoms with van der Waals surface area (Å²) < 4.78 is 36.8. The van der Waals surface area contributed by atoms with Gasteiger partial charge in [0, 0.05) is 10.5 Å². The Hall–Kier alpha value is -0.390. The number of alkyl halides is 2. The number of hydrogen-bond acceptors (Lipinski definition) is 2. The first-order valence-corrected chi connectivity index (χ1v) is 5.41. The highest BCUT2D eigenvalue weighted by Crippen LogP contribution is 2.31.